The van der Waals surface area contributed by atoms with E-state index in [-0.39, 0.29) is 11.3 Å². The Labute approximate surface area is 146 Å². The van der Waals surface area contributed by atoms with Gasteiger partial charge in [-0.25, -0.2) is 4.98 Å². The number of aryl methyl sites for hydroxylation is 1. The van der Waals surface area contributed by atoms with Gasteiger partial charge in [-0.15, -0.1) is 11.3 Å². The summed E-state index contributed by atoms with van der Waals surface area (Å²) < 4.78 is 0. The molecule has 0 bridgehead atoms. The molecule has 0 aliphatic heterocycles. The number of hydrogen-bond acceptors (Lipinski definition) is 4. The van der Waals surface area contributed by atoms with Gasteiger partial charge >= 0.3 is 0 Å². The highest BCUT2D eigenvalue weighted by molar-refractivity contribution is 7.09. The van der Waals surface area contributed by atoms with E-state index < -0.39 is 0 Å². The van der Waals surface area contributed by atoms with E-state index in [1.165, 1.54) is 36.3 Å². The van der Waals surface area contributed by atoms with Crippen molar-refractivity contribution in [1.82, 2.24) is 10.3 Å². The van der Waals surface area contributed by atoms with Crippen LogP contribution in [0.2, 0.25) is 0 Å². The number of carbonyl (C=O) groups excluding carboxylic acids is 1. The summed E-state index contributed by atoms with van der Waals surface area (Å²) in [6, 6.07) is 11.2. The maximum atomic E-state index is 12.5. The van der Waals surface area contributed by atoms with E-state index in [0.717, 1.165) is 17.7 Å². The Kier molecular flexibility index (Phi) is 4.04. The first-order valence-corrected chi connectivity index (χ1v) is 9.57. The van der Waals surface area contributed by atoms with Crippen LogP contribution in [0.25, 0.3) is 0 Å². The monoisotopic (exact) mass is 341 g/mol. The molecule has 5 heteroatoms. The van der Waals surface area contributed by atoms with Crippen LogP contribution in [0.15, 0.2) is 35.8 Å². The number of anilines is 1. The Morgan fingerprint density at radius 2 is 2.04 bits per heavy atom. The van der Waals surface area contributed by atoms with E-state index in [0.29, 0.717) is 17.8 Å². The summed E-state index contributed by atoms with van der Waals surface area (Å²) in [6.07, 6.45) is 5.83. The van der Waals surface area contributed by atoms with Crippen LogP contribution >= 0.6 is 11.3 Å². The second-order valence-corrected chi connectivity index (χ2v) is 8.19. The lowest BCUT2D eigenvalue weighted by atomic mass is 9.63. The molecule has 4 rings (SSSR count). The van der Waals surface area contributed by atoms with Crippen molar-refractivity contribution in [2.45, 2.75) is 51.1 Å². The van der Waals surface area contributed by atoms with Gasteiger partial charge in [0.25, 0.3) is 5.91 Å². The predicted octanol–water partition coefficient (Wildman–Crippen LogP) is 3.99. The molecule has 1 spiro atoms. The third kappa shape index (κ3) is 2.81. The number of benzene rings is 1. The van der Waals surface area contributed by atoms with Gasteiger partial charge in [-0.05, 0) is 56.6 Å². The molecule has 1 heterocycles. The van der Waals surface area contributed by atoms with Crippen LogP contribution in [-0.2, 0) is 0 Å². The normalized spacial score (nSPS) is 28.5. The number of amides is 1. The van der Waals surface area contributed by atoms with E-state index in [1.807, 2.05) is 13.0 Å². The molecular weight excluding hydrogens is 318 g/mol. The minimum atomic E-state index is -0.00251. The Morgan fingerprint density at radius 1 is 1.25 bits per heavy atom. The Hall–Kier alpha value is -1.88. The summed E-state index contributed by atoms with van der Waals surface area (Å²) in [5.74, 6) is -0.00251. The maximum Gasteiger partial charge on any atom is 0.271 e. The summed E-state index contributed by atoms with van der Waals surface area (Å²) in [5, 5.41) is 6.91. The first-order valence-electron chi connectivity index (χ1n) is 8.69. The van der Waals surface area contributed by atoms with Crippen molar-refractivity contribution in [3.05, 3.63) is 46.4 Å². The quantitative estimate of drug-likeness (QED) is 0.884. The average Bonchev–Trinajstić information content (AvgIpc) is 3.20. The molecule has 2 aliphatic carbocycles. The van der Waals surface area contributed by atoms with Gasteiger partial charge in [-0.2, -0.15) is 0 Å². The fourth-order valence-electron chi connectivity index (χ4n) is 4.27. The second-order valence-electron chi connectivity index (χ2n) is 7.13. The number of nitrogens with zero attached hydrogens (tertiary/aromatic N) is 1. The van der Waals surface area contributed by atoms with Crippen LogP contribution in [0.3, 0.4) is 0 Å². The highest BCUT2D eigenvalue weighted by Crippen LogP contribution is 2.53. The fraction of sp³-hybridized carbons (Fsp3) is 0.474. The standard InChI is InChI=1S/C19H23N3OS/c1-13-17(20-12-24-13)18(23)22-16-8-10-19(16)9-7-15(11-19)21-14-5-3-2-4-6-14/h2-6,12,15-16,21H,7-11H2,1H3,(H,22,23). The van der Waals surface area contributed by atoms with Crippen molar-refractivity contribution < 1.29 is 4.79 Å². The zero-order valence-electron chi connectivity index (χ0n) is 13.9. The fourth-order valence-corrected chi connectivity index (χ4v) is 4.84. The SMILES string of the molecule is Cc1scnc1C(=O)NC1CCC12CCC(Nc1ccccc1)C2. The van der Waals surface area contributed by atoms with E-state index in [1.54, 1.807) is 5.51 Å². The Bertz CT molecular complexity index is 729. The summed E-state index contributed by atoms with van der Waals surface area (Å²) in [6.45, 7) is 1.96. The summed E-state index contributed by atoms with van der Waals surface area (Å²) >= 11 is 1.53. The minimum Gasteiger partial charge on any atom is -0.382 e. The minimum absolute atomic E-state index is 0.00251. The van der Waals surface area contributed by atoms with Crippen LogP contribution in [-0.4, -0.2) is 23.0 Å². The number of rotatable bonds is 4. The molecule has 2 fully saturated rings. The van der Waals surface area contributed by atoms with Gasteiger partial charge in [-0.3, -0.25) is 4.79 Å². The number of carbonyl (C=O) groups is 1. The van der Waals surface area contributed by atoms with Crippen molar-refractivity contribution in [1.29, 1.82) is 0 Å². The molecule has 126 valence electrons. The van der Waals surface area contributed by atoms with Crippen molar-refractivity contribution in [2.24, 2.45) is 5.41 Å². The van der Waals surface area contributed by atoms with Crippen LogP contribution in [0.4, 0.5) is 5.69 Å². The first-order chi connectivity index (χ1) is 11.7. The molecular formula is C19H23N3OS. The lowest BCUT2D eigenvalue weighted by Gasteiger charge is -2.47. The zero-order chi connectivity index (χ0) is 16.6. The van der Waals surface area contributed by atoms with E-state index in [4.69, 9.17) is 0 Å². The highest BCUT2D eigenvalue weighted by Gasteiger charge is 2.51. The van der Waals surface area contributed by atoms with Crippen LogP contribution in [0.1, 0.15) is 47.5 Å². The smallest absolute Gasteiger partial charge is 0.271 e. The summed E-state index contributed by atoms with van der Waals surface area (Å²) in [4.78, 5) is 17.7. The Morgan fingerprint density at radius 3 is 2.71 bits per heavy atom. The highest BCUT2D eigenvalue weighted by atomic mass is 32.1. The molecule has 2 aromatic rings. The van der Waals surface area contributed by atoms with E-state index >= 15 is 0 Å². The zero-order valence-corrected chi connectivity index (χ0v) is 14.7. The lowest BCUT2D eigenvalue weighted by Crippen LogP contribution is -2.54. The first kappa shape index (κ1) is 15.6. The molecule has 24 heavy (non-hydrogen) atoms. The maximum absolute atomic E-state index is 12.5. The average molecular weight is 341 g/mol. The lowest BCUT2D eigenvalue weighted by molar-refractivity contribution is 0.0574. The van der Waals surface area contributed by atoms with E-state index in [2.05, 4.69) is 39.9 Å². The molecule has 2 aliphatic rings. The molecule has 0 saturated heterocycles. The largest absolute Gasteiger partial charge is 0.382 e. The third-order valence-corrected chi connectivity index (χ3v) is 6.48. The van der Waals surface area contributed by atoms with E-state index in [9.17, 15) is 4.79 Å². The number of para-hydroxylation sites is 1. The summed E-state index contributed by atoms with van der Waals surface area (Å²) in [7, 11) is 0. The topological polar surface area (TPSA) is 54.0 Å². The number of hydrogen-bond donors (Lipinski definition) is 2. The van der Waals surface area contributed by atoms with Crippen LogP contribution in [0, 0.1) is 12.3 Å². The molecule has 1 amide bonds. The van der Waals surface area contributed by atoms with Crippen molar-refractivity contribution in [3.63, 3.8) is 0 Å². The molecule has 1 aromatic heterocycles. The van der Waals surface area contributed by atoms with Gasteiger partial charge in [0.1, 0.15) is 5.69 Å². The molecule has 2 saturated carbocycles. The molecule has 3 unspecified atom stereocenters. The third-order valence-electron chi connectivity index (χ3n) is 5.72. The van der Waals surface area contributed by atoms with Crippen molar-refractivity contribution in [2.75, 3.05) is 5.32 Å². The number of nitrogens with one attached hydrogen (secondary N) is 2. The second kappa shape index (κ2) is 6.20. The molecule has 4 nitrogen and oxygen atoms in total. The van der Waals surface area contributed by atoms with Crippen molar-refractivity contribution in [3.8, 4) is 0 Å². The van der Waals surface area contributed by atoms with Gasteiger partial charge in [0.15, 0.2) is 0 Å². The number of thiazole rings is 1. The summed E-state index contributed by atoms with van der Waals surface area (Å²) in [5.41, 5.74) is 3.82. The van der Waals surface area contributed by atoms with Crippen molar-refractivity contribution >= 4 is 22.9 Å². The molecule has 1 aromatic carbocycles. The van der Waals surface area contributed by atoms with Gasteiger partial charge < -0.3 is 10.6 Å². The number of aromatic nitrogens is 1. The molecule has 2 N–H and O–H groups in total. The predicted molar refractivity (Wildman–Crippen MR) is 97.5 cm³/mol. The molecule has 3 atom stereocenters. The molecule has 0 radical (unpaired) electrons. The van der Waals surface area contributed by atoms with Gasteiger partial charge in [-0.1, -0.05) is 18.2 Å². The van der Waals surface area contributed by atoms with Crippen LogP contribution in [0.5, 0.6) is 0 Å². The Balaban J connectivity index is 1.38. The van der Waals surface area contributed by atoms with Gasteiger partial charge in [0.05, 0.1) is 5.51 Å². The van der Waals surface area contributed by atoms with Crippen LogP contribution < -0.4 is 10.6 Å². The van der Waals surface area contributed by atoms with Gasteiger partial charge in [0.2, 0.25) is 0 Å². The van der Waals surface area contributed by atoms with Gasteiger partial charge in [0, 0.05) is 22.6 Å².